The lowest BCUT2D eigenvalue weighted by Gasteiger charge is -2.28. The van der Waals surface area contributed by atoms with Crippen molar-refractivity contribution in [3.63, 3.8) is 0 Å². The fraction of sp³-hybridized carbons (Fsp3) is 0.562. The van der Waals surface area contributed by atoms with Crippen molar-refractivity contribution in [1.29, 1.82) is 0 Å². The summed E-state index contributed by atoms with van der Waals surface area (Å²) in [6, 6.07) is 6.34. The number of amides is 1. The number of unbranched alkanes of at least 4 members (excludes halogenated alkanes) is 2. The number of nitrogens with two attached hydrogens (primary N) is 1. The van der Waals surface area contributed by atoms with Gasteiger partial charge < -0.3 is 10.6 Å². The molecule has 2 rings (SSSR count). The van der Waals surface area contributed by atoms with Crippen molar-refractivity contribution in [3.05, 3.63) is 34.9 Å². The van der Waals surface area contributed by atoms with Crippen molar-refractivity contribution in [1.82, 2.24) is 4.90 Å². The number of benzene rings is 1. The van der Waals surface area contributed by atoms with E-state index in [1.165, 1.54) is 30.4 Å². The molecule has 0 aliphatic carbocycles. The van der Waals surface area contributed by atoms with Crippen LogP contribution in [0.4, 0.5) is 0 Å². The Bertz CT molecular complexity index is 442. The van der Waals surface area contributed by atoms with Crippen molar-refractivity contribution >= 4 is 5.91 Å². The number of hydrogen-bond donors (Lipinski definition) is 1. The first-order valence-electron chi connectivity index (χ1n) is 7.37. The van der Waals surface area contributed by atoms with Crippen LogP contribution in [-0.4, -0.2) is 30.4 Å². The topological polar surface area (TPSA) is 46.3 Å². The number of carbonyl (C=O) groups excluding carboxylic acids is 1. The van der Waals surface area contributed by atoms with Gasteiger partial charge >= 0.3 is 0 Å². The van der Waals surface area contributed by atoms with Crippen LogP contribution in [0.2, 0.25) is 0 Å². The minimum absolute atomic E-state index is 0.145. The number of nitrogens with zero attached hydrogens (tertiary/aromatic N) is 1. The lowest BCUT2D eigenvalue weighted by molar-refractivity contribution is 0.0745. The first kappa shape index (κ1) is 14.1. The van der Waals surface area contributed by atoms with Crippen LogP contribution in [0.15, 0.2) is 18.2 Å². The molecule has 3 heteroatoms. The molecule has 104 valence electrons. The van der Waals surface area contributed by atoms with E-state index in [1.54, 1.807) is 0 Å². The summed E-state index contributed by atoms with van der Waals surface area (Å²) < 4.78 is 0. The third-order valence-corrected chi connectivity index (χ3v) is 3.81. The van der Waals surface area contributed by atoms with Crippen molar-refractivity contribution in [2.24, 2.45) is 5.73 Å². The van der Waals surface area contributed by atoms with Gasteiger partial charge in [0.05, 0.1) is 0 Å². The van der Waals surface area contributed by atoms with Gasteiger partial charge in [-0.1, -0.05) is 31.9 Å². The Morgan fingerprint density at radius 2 is 2.16 bits per heavy atom. The zero-order valence-electron chi connectivity index (χ0n) is 11.8. The zero-order valence-corrected chi connectivity index (χ0v) is 11.8. The van der Waals surface area contributed by atoms with Crippen LogP contribution < -0.4 is 5.73 Å². The quantitative estimate of drug-likeness (QED) is 0.798. The van der Waals surface area contributed by atoms with E-state index < -0.39 is 0 Å². The van der Waals surface area contributed by atoms with Gasteiger partial charge in [-0.05, 0) is 36.5 Å². The number of aryl methyl sites for hydroxylation is 1. The van der Waals surface area contributed by atoms with Crippen molar-refractivity contribution < 1.29 is 4.79 Å². The SMILES string of the molecule is CCCCCc1ccc2c(c1)CCN(CCN)C2=O. The molecule has 1 amide bonds. The van der Waals surface area contributed by atoms with Gasteiger partial charge in [0.2, 0.25) is 0 Å². The lowest BCUT2D eigenvalue weighted by atomic mass is 9.95. The summed E-state index contributed by atoms with van der Waals surface area (Å²) in [6.07, 6.45) is 5.85. The van der Waals surface area contributed by atoms with E-state index in [0.29, 0.717) is 13.1 Å². The molecule has 0 spiro atoms. The maximum Gasteiger partial charge on any atom is 0.254 e. The van der Waals surface area contributed by atoms with Gasteiger partial charge in [-0.3, -0.25) is 4.79 Å². The molecule has 1 aromatic rings. The second-order valence-electron chi connectivity index (χ2n) is 5.28. The fourth-order valence-electron chi connectivity index (χ4n) is 2.69. The average molecular weight is 260 g/mol. The maximum atomic E-state index is 12.2. The Hall–Kier alpha value is -1.35. The molecule has 1 aliphatic heterocycles. The summed E-state index contributed by atoms with van der Waals surface area (Å²) in [4.78, 5) is 14.1. The van der Waals surface area contributed by atoms with Crippen LogP contribution in [0.5, 0.6) is 0 Å². The second kappa shape index (κ2) is 6.71. The standard InChI is InChI=1S/C16H24N2O/c1-2-3-4-5-13-6-7-15-14(12-13)8-10-18(11-9-17)16(15)19/h6-7,12H,2-5,8-11,17H2,1H3. The molecule has 0 saturated carbocycles. The summed E-state index contributed by atoms with van der Waals surface area (Å²) >= 11 is 0. The Balaban J connectivity index is 2.08. The molecule has 0 fully saturated rings. The molecule has 0 saturated heterocycles. The molecule has 0 aromatic heterocycles. The monoisotopic (exact) mass is 260 g/mol. The van der Waals surface area contributed by atoms with Crippen LogP contribution in [0.25, 0.3) is 0 Å². The largest absolute Gasteiger partial charge is 0.337 e. The van der Waals surface area contributed by atoms with Gasteiger partial charge in [0.15, 0.2) is 0 Å². The summed E-state index contributed by atoms with van der Waals surface area (Å²) in [5, 5.41) is 0. The van der Waals surface area contributed by atoms with Crippen molar-refractivity contribution in [2.45, 2.75) is 39.0 Å². The zero-order chi connectivity index (χ0) is 13.7. The minimum Gasteiger partial charge on any atom is -0.337 e. The van der Waals surface area contributed by atoms with Gasteiger partial charge in [-0.15, -0.1) is 0 Å². The maximum absolute atomic E-state index is 12.2. The Kier molecular flexibility index (Phi) is 4.97. The van der Waals surface area contributed by atoms with E-state index in [0.717, 1.165) is 24.9 Å². The first-order valence-corrected chi connectivity index (χ1v) is 7.37. The van der Waals surface area contributed by atoms with Gasteiger partial charge in [0.25, 0.3) is 5.91 Å². The molecule has 1 heterocycles. The Morgan fingerprint density at radius 3 is 2.89 bits per heavy atom. The van der Waals surface area contributed by atoms with Gasteiger partial charge in [0.1, 0.15) is 0 Å². The predicted octanol–water partition coefficient (Wildman–Crippen LogP) is 2.38. The smallest absolute Gasteiger partial charge is 0.254 e. The van der Waals surface area contributed by atoms with Crippen LogP contribution >= 0.6 is 0 Å². The molecule has 19 heavy (non-hydrogen) atoms. The molecular weight excluding hydrogens is 236 g/mol. The summed E-state index contributed by atoms with van der Waals surface area (Å²) in [5.41, 5.74) is 9.00. The third kappa shape index (κ3) is 3.35. The summed E-state index contributed by atoms with van der Waals surface area (Å²) in [6.45, 7) is 4.23. The molecule has 0 radical (unpaired) electrons. The van der Waals surface area contributed by atoms with Crippen molar-refractivity contribution in [3.8, 4) is 0 Å². The average Bonchev–Trinajstić information content (AvgIpc) is 2.42. The summed E-state index contributed by atoms with van der Waals surface area (Å²) in [5.74, 6) is 0.145. The number of carbonyl (C=O) groups is 1. The van der Waals surface area contributed by atoms with Crippen LogP contribution in [0.1, 0.15) is 47.7 Å². The highest BCUT2D eigenvalue weighted by molar-refractivity contribution is 5.96. The van der Waals surface area contributed by atoms with Gasteiger partial charge in [0, 0.05) is 25.2 Å². The third-order valence-electron chi connectivity index (χ3n) is 3.81. The number of hydrogen-bond acceptors (Lipinski definition) is 2. The first-order chi connectivity index (χ1) is 9.26. The molecule has 0 atom stereocenters. The van der Waals surface area contributed by atoms with Crippen LogP contribution in [0.3, 0.4) is 0 Å². The molecule has 1 aromatic carbocycles. The predicted molar refractivity (Wildman–Crippen MR) is 78.3 cm³/mol. The molecule has 0 unspecified atom stereocenters. The molecule has 0 bridgehead atoms. The van der Waals surface area contributed by atoms with Gasteiger partial charge in [-0.2, -0.15) is 0 Å². The molecule has 1 aliphatic rings. The fourth-order valence-corrected chi connectivity index (χ4v) is 2.69. The van der Waals surface area contributed by atoms with E-state index in [-0.39, 0.29) is 5.91 Å². The van der Waals surface area contributed by atoms with Crippen LogP contribution in [-0.2, 0) is 12.8 Å². The Labute approximate surface area is 115 Å². The van der Waals surface area contributed by atoms with Crippen LogP contribution in [0, 0.1) is 0 Å². The number of rotatable bonds is 6. The molecule has 3 nitrogen and oxygen atoms in total. The van der Waals surface area contributed by atoms with Gasteiger partial charge in [-0.25, -0.2) is 0 Å². The highest BCUT2D eigenvalue weighted by Crippen LogP contribution is 2.21. The highest BCUT2D eigenvalue weighted by Gasteiger charge is 2.23. The van der Waals surface area contributed by atoms with E-state index in [9.17, 15) is 4.79 Å². The highest BCUT2D eigenvalue weighted by atomic mass is 16.2. The summed E-state index contributed by atoms with van der Waals surface area (Å²) in [7, 11) is 0. The second-order valence-corrected chi connectivity index (χ2v) is 5.28. The minimum atomic E-state index is 0.145. The molecule has 2 N–H and O–H groups in total. The van der Waals surface area contributed by atoms with E-state index in [1.807, 2.05) is 11.0 Å². The lowest BCUT2D eigenvalue weighted by Crippen LogP contribution is -2.40. The molecular formula is C16H24N2O. The Morgan fingerprint density at radius 1 is 1.32 bits per heavy atom. The van der Waals surface area contributed by atoms with Crippen molar-refractivity contribution in [2.75, 3.05) is 19.6 Å². The number of fused-ring (bicyclic) bond motifs is 1. The van der Waals surface area contributed by atoms with E-state index in [4.69, 9.17) is 5.73 Å². The van der Waals surface area contributed by atoms with E-state index >= 15 is 0 Å². The normalized spacial score (nSPS) is 14.6. The van der Waals surface area contributed by atoms with E-state index in [2.05, 4.69) is 19.1 Å².